The molecule has 0 fully saturated rings. The summed E-state index contributed by atoms with van der Waals surface area (Å²) >= 11 is 5.78. The zero-order chi connectivity index (χ0) is 25.2. The second-order valence-corrected chi connectivity index (χ2v) is 8.82. The summed E-state index contributed by atoms with van der Waals surface area (Å²) in [4.78, 5) is 39.8. The third-order valence-electron chi connectivity index (χ3n) is 5.34. The number of carbonyl (C=O) groups is 3. The van der Waals surface area contributed by atoms with E-state index in [1.165, 1.54) is 29.2 Å². The highest BCUT2D eigenvalue weighted by Crippen LogP contribution is 2.38. The van der Waals surface area contributed by atoms with E-state index in [2.05, 4.69) is 5.32 Å². The van der Waals surface area contributed by atoms with Gasteiger partial charge in [0.15, 0.2) is 5.60 Å². The molecule has 0 atom stereocenters. The van der Waals surface area contributed by atoms with Gasteiger partial charge in [0.05, 0.1) is 10.7 Å². The van der Waals surface area contributed by atoms with Crippen LogP contribution in [-0.4, -0.2) is 29.9 Å². The number of esters is 1. The van der Waals surface area contributed by atoms with Crippen LogP contribution in [0.1, 0.15) is 29.8 Å². The second-order valence-electron chi connectivity index (χ2n) is 8.42. The van der Waals surface area contributed by atoms with E-state index in [4.69, 9.17) is 21.1 Å². The van der Waals surface area contributed by atoms with E-state index in [0.29, 0.717) is 11.4 Å². The lowest BCUT2D eigenvalue weighted by atomic mass is 10.0. The standard InChI is InChI=1S/C26H22ClFN2O5/c1-26(2)25(33)30(14-23(31)34-15-16-6-4-3-5-7-16)21-12-17(8-11-22(21)35-26)24(32)29-18-9-10-20(28)19(27)13-18/h3-13H,14-15H2,1-2H3,(H,29,32). The van der Waals surface area contributed by atoms with Gasteiger partial charge in [-0.1, -0.05) is 41.9 Å². The summed E-state index contributed by atoms with van der Waals surface area (Å²) in [6.07, 6.45) is 0. The molecule has 1 heterocycles. The van der Waals surface area contributed by atoms with E-state index in [1.807, 2.05) is 30.3 Å². The van der Waals surface area contributed by atoms with E-state index in [1.54, 1.807) is 19.9 Å². The third kappa shape index (κ3) is 5.44. The highest BCUT2D eigenvalue weighted by Gasteiger charge is 2.42. The summed E-state index contributed by atoms with van der Waals surface area (Å²) in [7, 11) is 0. The molecule has 3 aromatic rings. The molecule has 0 saturated heterocycles. The van der Waals surface area contributed by atoms with Gasteiger partial charge in [-0.05, 0) is 55.8 Å². The summed E-state index contributed by atoms with van der Waals surface area (Å²) in [5.41, 5.74) is 0.351. The van der Waals surface area contributed by atoms with Crippen molar-refractivity contribution in [3.63, 3.8) is 0 Å². The molecular weight excluding hydrogens is 475 g/mol. The van der Waals surface area contributed by atoms with Crippen LogP contribution in [-0.2, 0) is 20.9 Å². The molecule has 1 aliphatic heterocycles. The van der Waals surface area contributed by atoms with Crippen LogP contribution in [0, 0.1) is 5.82 Å². The fraction of sp³-hybridized carbons (Fsp3) is 0.192. The molecule has 0 unspecified atom stereocenters. The highest BCUT2D eigenvalue weighted by atomic mass is 35.5. The maximum Gasteiger partial charge on any atom is 0.326 e. The van der Waals surface area contributed by atoms with Crippen molar-refractivity contribution in [2.75, 3.05) is 16.8 Å². The van der Waals surface area contributed by atoms with Crippen LogP contribution in [0.25, 0.3) is 0 Å². The van der Waals surface area contributed by atoms with Crippen molar-refractivity contribution < 1.29 is 28.2 Å². The Balaban J connectivity index is 1.55. The van der Waals surface area contributed by atoms with Crippen molar-refractivity contribution in [2.45, 2.75) is 26.1 Å². The first-order chi connectivity index (χ1) is 16.6. The number of nitrogens with zero attached hydrogens (tertiary/aromatic N) is 1. The van der Waals surface area contributed by atoms with Crippen molar-refractivity contribution in [3.05, 3.63) is 88.7 Å². The fourth-order valence-corrected chi connectivity index (χ4v) is 3.74. The number of amides is 2. The predicted molar refractivity (Wildman–Crippen MR) is 129 cm³/mol. The average Bonchev–Trinajstić information content (AvgIpc) is 2.83. The molecule has 0 spiro atoms. The molecule has 180 valence electrons. The number of ether oxygens (including phenoxy) is 2. The van der Waals surface area contributed by atoms with Gasteiger partial charge in [-0.3, -0.25) is 19.3 Å². The van der Waals surface area contributed by atoms with Crippen LogP contribution in [0.4, 0.5) is 15.8 Å². The summed E-state index contributed by atoms with van der Waals surface area (Å²) in [6, 6.07) is 17.5. The van der Waals surface area contributed by atoms with Crippen molar-refractivity contribution in [1.82, 2.24) is 0 Å². The third-order valence-corrected chi connectivity index (χ3v) is 5.63. The molecule has 0 radical (unpaired) electrons. The van der Waals surface area contributed by atoms with Crippen LogP contribution in [0.2, 0.25) is 5.02 Å². The van der Waals surface area contributed by atoms with E-state index >= 15 is 0 Å². The lowest BCUT2D eigenvalue weighted by Gasteiger charge is -2.38. The van der Waals surface area contributed by atoms with Crippen LogP contribution >= 0.6 is 11.6 Å². The largest absolute Gasteiger partial charge is 0.476 e. The fourth-order valence-electron chi connectivity index (χ4n) is 3.56. The molecule has 4 rings (SSSR count). The number of nitrogens with one attached hydrogen (secondary N) is 1. The molecule has 7 nitrogen and oxygen atoms in total. The van der Waals surface area contributed by atoms with Gasteiger partial charge in [-0.15, -0.1) is 0 Å². The van der Waals surface area contributed by atoms with Crippen molar-refractivity contribution >= 4 is 40.8 Å². The van der Waals surface area contributed by atoms with Crippen LogP contribution < -0.4 is 15.0 Å². The van der Waals surface area contributed by atoms with Crippen molar-refractivity contribution in [2.24, 2.45) is 0 Å². The van der Waals surface area contributed by atoms with Crippen LogP contribution in [0.3, 0.4) is 0 Å². The Labute approximate surface area is 206 Å². The van der Waals surface area contributed by atoms with Crippen LogP contribution in [0.5, 0.6) is 5.75 Å². The number of fused-ring (bicyclic) bond motifs is 1. The molecule has 35 heavy (non-hydrogen) atoms. The molecule has 2 amide bonds. The molecule has 0 saturated carbocycles. The minimum absolute atomic E-state index is 0.0666. The topological polar surface area (TPSA) is 84.9 Å². The van der Waals surface area contributed by atoms with E-state index in [9.17, 15) is 18.8 Å². The predicted octanol–water partition coefficient (Wildman–Crippen LogP) is 4.98. The number of halogens is 2. The van der Waals surface area contributed by atoms with Gasteiger partial charge < -0.3 is 14.8 Å². The number of hydrogen-bond donors (Lipinski definition) is 1. The van der Waals surface area contributed by atoms with Gasteiger partial charge in [0.2, 0.25) is 0 Å². The number of carbonyl (C=O) groups excluding carboxylic acids is 3. The SMILES string of the molecule is CC1(C)Oc2ccc(C(=O)Nc3ccc(F)c(Cl)c3)cc2N(CC(=O)OCc2ccccc2)C1=O. The molecule has 0 bridgehead atoms. The maximum atomic E-state index is 13.4. The molecule has 9 heteroatoms. The maximum absolute atomic E-state index is 13.4. The Morgan fingerprint density at radius 2 is 1.83 bits per heavy atom. The summed E-state index contributed by atoms with van der Waals surface area (Å²) in [6.45, 7) is 2.90. The van der Waals surface area contributed by atoms with E-state index in [-0.39, 0.29) is 29.4 Å². The molecule has 0 aliphatic carbocycles. The lowest BCUT2D eigenvalue weighted by molar-refractivity contribution is -0.145. The van der Waals surface area contributed by atoms with Crippen molar-refractivity contribution in [1.29, 1.82) is 0 Å². The molecular formula is C26H22ClFN2O5. The monoisotopic (exact) mass is 496 g/mol. The number of rotatable bonds is 6. The summed E-state index contributed by atoms with van der Waals surface area (Å²) in [5, 5.41) is 2.50. The minimum Gasteiger partial charge on any atom is -0.476 e. The quantitative estimate of drug-likeness (QED) is 0.486. The zero-order valence-corrected chi connectivity index (χ0v) is 19.8. The van der Waals surface area contributed by atoms with E-state index < -0.39 is 29.2 Å². The van der Waals surface area contributed by atoms with Gasteiger partial charge in [0, 0.05) is 11.3 Å². The molecule has 3 aromatic carbocycles. The molecule has 1 N–H and O–H groups in total. The van der Waals surface area contributed by atoms with Gasteiger partial charge in [-0.25, -0.2) is 4.39 Å². The number of hydrogen-bond acceptors (Lipinski definition) is 5. The summed E-state index contributed by atoms with van der Waals surface area (Å²) in [5.74, 6) is -1.84. The Morgan fingerprint density at radius 3 is 2.54 bits per heavy atom. The highest BCUT2D eigenvalue weighted by molar-refractivity contribution is 6.31. The first-order valence-electron chi connectivity index (χ1n) is 10.7. The smallest absolute Gasteiger partial charge is 0.326 e. The Morgan fingerprint density at radius 1 is 1.09 bits per heavy atom. The normalized spacial score (nSPS) is 14.1. The Bertz CT molecular complexity index is 1300. The van der Waals surface area contributed by atoms with Gasteiger partial charge >= 0.3 is 5.97 Å². The Hall–Kier alpha value is -3.91. The Kier molecular flexibility index (Phi) is 6.75. The molecule has 1 aliphatic rings. The van der Waals surface area contributed by atoms with Crippen LogP contribution in [0.15, 0.2) is 66.7 Å². The first-order valence-corrected chi connectivity index (χ1v) is 11.1. The average molecular weight is 497 g/mol. The zero-order valence-electron chi connectivity index (χ0n) is 19.0. The van der Waals surface area contributed by atoms with Gasteiger partial charge in [0.25, 0.3) is 11.8 Å². The number of benzene rings is 3. The molecule has 0 aromatic heterocycles. The summed E-state index contributed by atoms with van der Waals surface area (Å²) < 4.78 is 24.6. The lowest BCUT2D eigenvalue weighted by Crippen LogP contribution is -2.54. The number of anilines is 2. The minimum atomic E-state index is -1.22. The first kappa shape index (κ1) is 24.2. The van der Waals surface area contributed by atoms with Crippen molar-refractivity contribution in [3.8, 4) is 5.75 Å². The van der Waals surface area contributed by atoms with Gasteiger partial charge in [0.1, 0.15) is 24.7 Å². The van der Waals surface area contributed by atoms with Gasteiger partial charge in [-0.2, -0.15) is 0 Å². The van der Waals surface area contributed by atoms with E-state index in [0.717, 1.165) is 11.6 Å². The second kappa shape index (κ2) is 9.76.